The second kappa shape index (κ2) is 11.2. The Balaban J connectivity index is 1.68. The van der Waals surface area contributed by atoms with Crippen molar-refractivity contribution >= 4 is 32.6 Å². The number of rotatable bonds is 9. The summed E-state index contributed by atoms with van der Waals surface area (Å²) in [4.78, 5) is 22.9. The Hall–Kier alpha value is -2.88. The van der Waals surface area contributed by atoms with Crippen LogP contribution in [0, 0.1) is 13.8 Å². The minimum absolute atomic E-state index is 0.153. The summed E-state index contributed by atoms with van der Waals surface area (Å²) in [7, 11) is 4.64. The van der Waals surface area contributed by atoms with Crippen molar-refractivity contribution in [2.24, 2.45) is 0 Å². The van der Waals surface area contributed by atoms with Crippen molar-refractivity contribution in [3.05, 3.63) is 41.0 Å². The predicted octanol–water partition coefficient (Wildman–Crippen LogP) is 4.31. The molecule has 3 aromatic rings. The summed E-state index contributed by atoms with van der Waals surface area (Å²) in [6.45, 7) is 8.92. The van der Waals surface area contributed by atoms with Gasteiger partial charge in [0.1, 0.15) is 0 Å². The molecular formula is C26H33N3O5S. The van der Waals surface area contributed by atoms with Gasteiger partial charge < -0.3 is 18.9 Å². The van der Waals surface area contributed by atoms with Crippen molar-refractivity contribution in [3.8, 4) is 17.2 Å². The summed E-state index contributed by atoms with van der Waals surface area (Å²) in [6, 6.07) is 7.64. The second-order valence-corrected chi connectivity index (χ2v) is 9.61. The minimum atomic E-state index is -0.153. The first-order chi connectivity index (χ1) is 16.9. The summed E-state index contributed by atoms with van der Waals surface area (Å²) in [5.74, 6) is 1.19. The van der Waals surface area contributed by atoms with Crippen molar-refractivity contribution in [2.45, 2.75) is 20.3 Å². The van der Waals surface area contributed by atoms with Gasteiger partial charge >= 0.3 is 0 Å². The molecule has 35 heavy (non-hydrogen) atoms. The molecule has 2 heterocycles. The largest absolute Gasteiger partial charge is 0.493 e. The van der Waals surface area contributed by atoms with Crippen LogP contribution in [0.5, 0.6) is 17.2 Å². The summed E-state index contributed by atoms with van der Waals surface area (Å²) in [5, 5.41) is 0.689. The van der Waals surface area contributed by atoms with Crippen LogP contribution >= 0.6 is 11.3 Å². The van der Waals surface area contributed by atoms with Crippen molar-refractivity contribution < 1.29 is 23.7 Å². The molecule has 9 heteroatoms. The maximum absolute atomic E-state index is 13.9. The lowest BCUT2D eigenvalue weighted by atomic mass is 10.1. The zero-order valence-electron chi connectivity index (χ0n) is 21.1. The Morgan fingerprint density at radius 2 is 1.74 bits per heavy atom. The summed E-state index contributed by atoms with van der Waals surface area (Å²) < 4.78 is 22.9. The smallest absolute Gasteiger partial charge is 0.260 e. The third-order valence-corrected chi connectivity index (χ3v) is 7.19. The number of anilines is 1. The van der Waals surface area contributed by atoms with E-state index in [9.17, 15) is 4.79 Å². The van der Waals surface area contributed by atoms with Gasteiger partial charge in [0.15, 0.2) is 16.6 Å². The lowest BCUT2D eigenvalue weighted by molar-refractivity contribution is 0.0376. The average Bonchev–Trinajstić information content (AvgIpc) is 3.30. The average molecular weight is 500 g/mol. The molecule has 1 aliphatic rings. The third kappa shape index (κ3) is 5.52. The Kier molecular flexibility index (Phi) is 8.10. The molecule has 188 valence electrons. The lowest BCUT2D eigenvalue weighted by Gasteiger charge is -2.28. The standard InChI is InChI=1S/C26H33N3O5S/c1-17-13-18(2)23-22(14-17)35-26(27-23)29(8-6-7-28-9-11-34-12-10-28)25(30)19-15-20(31-3)24(33-5)21(16-19)32-4/h13-16H,6-12H2,1-5H3. The number of nitrogens with zero attached hydrogens (tertiary/aromatic N) is 3. The van der Waals surface area contributed by atoms with Crippen LogP contribution in [0.15, 0.2) is 24.3 Å². The number of morpholine rings is 1. The zero-order valence-corrected chi connectivity index (χ0v) is 21.9. The molecule has 4 rings (SSSR count). The highest BCUT2D eigenvalue weighted by molar-refractivity contribution is 7.22. The molecule has 0 unspecified atom stereocenters. The van der Waals surface area contributed by atoms with Crippen LogP contribution < -0.4 is 19.1 Å². The summed E-state index contributed by atoms with van der Waals surface area (Å²) in [6.07, 6.45) is 0.824. The van der Waals surface area contributed by atoms with Gasteiger partial charge in [-0.2, -0.15) is 0 Å². The normalized spacial score (nSPS) is 14.2. The number of carbonyl (C=O) groups is 1. The minimum Gasteiger partial charge on any atom is -0.493 e. The molecule has 1 aromatic heterocycles. The maximum Gasteiger partial charge on any atom is 0.260 e. The highest BCUT2D eigenvalue weighted by atomic mass is 32.1. The molecule has 0 bridgehead atoms. The molecule has 1 saturated heterocycles. The molecule has 0 saturated carbocycles. The molecule has 0 N–H and O–H groups in total. The molecule has 1 amide bonds. The molecule has 0 atom stereocenters. The van der Waals surface area contributed by atoms with Gasteiger partial charge in [-0.1, -0.05) is 17.4 Å². The monoisotopic (exact) mass is 499 g/mol. The number of carbonyl (C=O) groups excluding carboxylic acids is 1. The van der Waals surface area contributed by atoms with E-state index in [-0.39, 0.29) is 5.91 Å². The number of aromatic nitrogens is 1. The number of thiazole rings is 1. The predicted molar refractivity (Wildman–Crippen MR) is 139 cm³/mol. The number of hydrogen-bond donors (Lipinski definition) is 0. The molecule has 1 fully saturated rings. The SMILES string of the molecule is COc1cc(C(=O)N(CCCN2CCOCC2)c2nc3c(C)cc(C)cc3s2)cc(OC)c1OC. The van der Waals surface area contributed by atoms with Gasteiger partial charge in [-0.05, 0) is 49.6 Å². The Morgan fingerprint density at radius 1 is 1.06 bits per heavy atom. The number of fused-ring (bicyclic) bond motifs is 1. The summed E-state index contributed by atoms with van der Waals surface area (Å²) in [5.41, 5.74) is 3.68. The van der Waals surface area contributed by atoms with E-state index in [1.165, 1.54) is 5.56 Å². The van der Waals surface area contributed by atoms with Crippen molar-refractivity contribution in [2.75, 3.05) is 65.6 Å². The fraction of sp³-hybridized carbons (Fsp3) is 0.462. The van der Waals surface area contributed by atoms with Gasteiger partial charge in [-0.15, -0.1) is 0 Å². The summed E-state index contributed by atoms with van der Waals surface area (Å²) >= 11 is 1.54. The number of aryl methyl sites for hydroxylation is 2. The second-order valence-electron chi connectivity index (χ2n) is 8.60. The molecule has 2 aromatic carbocycles. The number of benzene rings is 2. The topological polar surface area (TPSA) is 73.4 Å². The molecular weight excluding hydrogens is 466 g/mol. The Labute approximate surface area is 210 Å². The van der Waals surface area contributed by atoms with Crippen LogP contribution in [0.1, 0.15) is 27.9 Å². The Bertz CT molecular complexity index is 1160. The first-order valence-corrected chi connectivity index (χ1v) is 12.6. The van der Waals surface area contributed by atoms with Gasteiger partial charge in [-0.25, -0.2) is 4.98 Å². The van der Waals surface area contributed by atoms with Crippen LogP contribution in [0.2, 0.25) is 0 Å². The molecule has 0 spiro atoms. The first kappa shape index (κ1) is 25.2. The van der Waals surface area contributed by atoms with Crippen molar-refractivity contribution in [1.29, 1.82) is 0 Å². The highest BCUT2D eigenvalue weighted by Crippen LogP contribution is 2.39. The van der Waals surface area contributed by atoms with E-state index < -0.39 is 0 Å². The van der Waals surface area contributed by atoms with E-state index in [4.69, 9.17) is 23.9 Å². The molecule has 1 aliphatic heterocycles. The third-order valence-electron chi connectivity index (χ3n) is 6.17. The number of amides is 1. The van der Waals surface area contributed by atoms with E-state index in [1.807, 2.05) is 0 Å². The number of methoxy groups -OCH3 is 3. The fourth-order valence-electron chi connectivity index (χ4n) is 4.40. The zero-order chi connectivity index (χ0) is 24.9. The Morgan fingerprint density at radius 3 is 2.37 bits per heavy atom. The maximum atomic E-state index is 13.9. The van der Waals surface area contributed by atoms with Crippen molar-refractivity contribution in [3.63, 3.8) is 0 Å². The van der Waals surface area contributed by atoms with Crippen LogP contribution in [0.3, 0.4) is 0 Å². The molecule has 8 nitrogen and oxygen atoms in total. The van der Waals surface area contributed by atoms with Gasteiger partial charge in [0.2, 0.25) is 5.75 Å². The van der Waals surface area contributed by atoms with E-state index in [0.29, 0.717) is 34.5 Å². The van der Waals surface area contributed by atoms with E-state index in [1.54, 1.807) is 49.7 Å². The quantitative estimate of drug-likeness (QED) is 0.434. The van der Waals surface area contributed by atoms with Gasteiger partial charge in [0, 0.05) is 31.7 Å². The van der Waals surface area contributed by atoms with Crippen molar-refractivity contribution in [1.82, 2.24) is 9.88 Å². The van der Waals surface area contributed by atoms with Crippen LogP contribution in [-0.2, 0) is 4.74 Å². The van der Waals surface area contributed by atoms with Crippen LogP contribution in [0.25, 0.3) is 10.2 Å². The van der Waals surface area contributed by atoms with E-state index in [2.05, 4.69) is 30.9 Å². The fourth-order valence-corrected chi connectivity index (χ4v) is 5.56. The molecule has 0 radical (unpaired) electrons. The number of ether oxygens (including phenoxy) is 4. The highest BCUT2D eigenvalue weighted by Gasteiger charge is 2.25. The van der Waals surface area contributed by atoms with Crippen LogP contribution in [0.4, 0.5) is 5.13 Å². The van der Waals surface area contributed by atoms with Gasteiger partial charge in [-0.3, -0.25) is 14.6 Å². The molecule has 0 aliphatic carbocycles. The number of hydrogen-bond acceptors (Lipinski definition) is 8. The van der Waals surface area contributed by atoms with E-state index in [0.717, 1.165) is 55.0 Å². The first-order valence-electron chi connectivity index (χ1n) is 11.7. The van der Waals surface area contributed by atoms with Crippen LogP contribution in [-0.4, -0.2) is 76.5 Å². The van der Waals surface area contributed by atoms with E-state index >= 15 is 0 Å². The lowest BCUT2D eigenvalue weighted by Crippen LogP contribution is -2.39. The van der Waals surface area contributed by atoms with Gasteiger partial charge in [0.25, 0.3) is 5.91 Å². The van der Waals surface area contributed by atoms with Gasteiger partial charge in [0.05, 0.1) is 44.8 Å².